The number of hydrogen-bond donors (Lipinski definition) is 0. The van der Waals surface area contributed by atoms with E-state index in [9.17, 15) is 0 Å². The molecular weight excluding hydrogens is 250 g/mol. The molecule has 20 heavy (non-hydrogen) atoms. The zero-order valence-corrected chi connectivity index (χ0v) is 11.9. The fourth-order valence-electron chi connectivity index (χ4n) is 2.58. The maximum absolute atomic E-state index is 5.86. The third kappa shape index (κ3) is 2.80. The van der Waals surface area contributed by atoms with Crippen molar-refractivity contribution in [1.29, 1.82) is 0 Å². The standard InChI is InChI=1S/C16H19N3O/c1-12-10-13(2)18-16(17-12)15-11-19(8-9-20-15)14-6-4-3-5-7-14/h3-7,10,15H,8-9,11H2,1-2H3/t15-/m0/s1. The van der Waals surface area contributed by atoms with Gasteiger partial charge in [-0.15, -0.1) is 0 Å². The van der Waals surface area contributed by atoms with E-state index in [1.807, 2.05) is 26.0 Å². The lowest BCUT2D eigenvalue weighted by Crippen LogP contribution is -2.39. The number of rotatable bonds is 2. The van der Waals surface area contributed by atoms with Crippen molar-refractivity contribution in [2.24, 2.45) is 0 Å². The molecule has 1 atom stereocenters. The van der Waals surface area contributed by atoms with E-state index in [1.165, 1.54) is 5.69 Å². The summed E-state index contributed by atoms with van der Waals surface area (Å²) in [6.07, 6.45) is -0.0532. The summed E-state index contributed by atoms with van der Waals surface area (Å²) in [5, 5.41) is 0. The normalized spacial score (nSPS) is 19.1. The molecule has 0 N–H and O–H groups in total. The summed E-state index contributed by atoms with van der Waals surface area (Å²) in [5.41, 5.74) is 3.21. The zero-order valence-electron chi connectivity index (χ0n) is 11.9. The van der Waals surface area contributed by atoms with Crippen LogP contribution in [0.1, 0.15) is 23.3 Å². The summed E-state index contributed by atoms with van der Waals surface area (Å²) >= 11 is 0. The van der Waals surface area contributed by atoms with Crippen LogP contribution in [0.5, 0.6) is 0 Å². The van der Waals surface area contributed by atoms with Gasteiger partial charge in [0.2, 0.25) is 0 Å². The molecule has 0 aliphatic carbocycles. The minimum atomic E-state index is -0.0532. The predicted molar refractivity (Wildman–Crippen MR) is 78.9 cm³/mol. The van der Waals surface area contributed by atoms with Gasteiger partial charge in [0, 0.05) is 23.6 Å². The van der Waals surface area contributed by atoms with E-state index in [2.05, 4.69) is 39.1 Å². The van der Waals surface area contributed by atoms with Crippen molar-refractivity contribution in [3.63, 3.8) is 0 Å². The van der Waals surface area contributed by atoms with Crippen molar-refractivity contribution in [1.82, 2.24) is 9.97 Å². The van der Waals surface area contributed by atoms with E-state index in [1.54, 1.807) is 0 Å². The van der Waals surface area contributed by atoms with Crippen LogP contribution >= 0.6 is 0 Å². The molecule has 4 heteroatoms. The largest absolute Gasteiger partial charge is 0.367 e. The highest BCUT2D eigenvalue weighted by atomic mass is 16.5. The van der Waals surface area contributed by atoms with Crippen molar-refractivity contribution < 1.29 is 4.74 Å². The minimum Gasteiger partial charge on any atom is -0.367 e. The molecule has 1 fully saturated rings. The lowest BCUT2D eigenvalue weighted by Gasteiger charge is -2.33. The Bertz CT molecular complexity index is 565. The van der Waals surface area contributed by atoms with Crippen molar-refractivity contribution in [2.75, 3.05) is 24.6 Å². The molecule has 0 saturated carbocycles. The fourth-order valence-corrected chi connectivity index (χ4v) is 2.58. The summed E-state index contributed by atoms with van der Waals surface area (Å²) in [5.74, 6) is 0.795. The van der Waals surface area contributed by atoms with Gasteiger partial charge < -0.3 is 9.64 Å². The Labute approximate surface area is 119 Å². The predicted octanol–water partition coefficient (Wildman–Crippen LogP) is 2.67. The smallest absolute Gasteiger partial charge is 0.159 e. The first-order chi connectivity index (χ1) is 9.72. The van der Waals surface area contributed by atoms with Crippen molar-refractivity contribution >= 4 is 5.69 Å². The average molecular weight is 269 g/mol. The summed E-state index contributed by atoms with van der Waals surface area (Å²) in [7, 11) is 0. The average Bonchev–Trinajstić information content (AvgIpc) is 2.47. The molecule has 2 heterocycles. The molecule has 104 valence electrons. The Balaban J connectivity index is 1.81. The van der Waals surface area contributed by atoms with Gasteiger partial charge in [0.05, 0.1) is 13.2 Å². The molecule has 3 rings (SSSR count). The number of ether oxygens (including phenoxy) is 1. The number of para-hydroxylation sites is 1. The van der Waals surface area contributed by atoms with Gasteiger partial charge in [0.15, 0.2) is 5.82 Å². The van der Waals surface area contributed by atoms with Crippen molar-refractivity contribution in [2.45, 2.75) is 20.0 Å². The quantitative estimate of drug-likeness (QED) is 0.840. The molecule has 1 aliphatic heterocycles. The Morgan fingerprint density at radius 2 is 1.80 bits per heavy atom. The van der Waals surface area contributed by atoms with Crippen molar-refractivity contribution in [3.05, 3.63) is 53.6 Å². The van der Waals surface area contributed by atoms with Gasteiger partial charge in [-0.25, -0.2) is 9.97 Å². The third-order valence-electron chi connectivity index (χ3n) is 3.48. The first-order valence-corrected chi connectivity index (χ1v) is 6.96. The summed E-state index contributed by atoms with van der Waals surface area (Å²) < 4.78 is 5.86. The van der Waals surface area contributed by atoms with Crippen LogP contribution in [0.15, 0.2) is 36.4 Å². The van der Waals surface area contributed by atoms with Crippen LogP contribution in [0.4, 0.5) is 5.69 Å². The molecule has 0 amide bonds. The maximum Gasteiger partial charge on any atom is 0.159 e. The Morgan fingerprint density at radius 3 is 2.50 bits per heavy atom. The van der Waals surface area contributed by atoms with Gasteiger partial charge in [-0.1, -0.05) is 18.2 Å². The van der Waals surface area contributed by atoms with Crippen LogP contribution in [0.25, 0.3) is 0 Å². The van der Waals surface area contributed by atoms with Crippen LogP contribution in [0.2, 0.25) is 0 Å². The number of anilines is 1. The number of benzene rings is 1. The Hall–Kier alpha value is -1.94. The molecule has 1 saturated heterocycles. The summed E-state index contributed by atoms with van der Waals surface area (Å²) in [6.45, 7) is 6.40. The SMILES string of the molecule is Cc1cc(C)nc([C@@H]2CN(c3ccccc3)CCO2)n1. The Morgan fingerprint density at radius 1 is 1.10 bits per heavy atom. The number of morpholine rings is 1. The van der Waals surface area contributed by atoms with E-state index < -0.39 is 0 Å². The molecule has 1 aliphatic rings. The second kappa shape index (κ2) is 5.59. The van der Waals surface area contributed by atoms with Gasteiger partial charge in [0.1, 0.15) is 6.10 Å². The monoisotopic (exact) mass is 269 g/mol. The molecule has 1 aromatic heterocycles. The van der Waals surface area contributed by atoms with Crippen LogP contribution < -0.4 is 4.90 Å². The highest BCUT2D eigenvalue weighted by Gasteiger charge is 2.24. The topological polar surface area (TPSA) is 38.2 Å². The maximum atomic E-state index is 5.86. The van der Waals surface area contributed by atoms with Crippen LogP contribution in [-0.2, 0) is 4.74 Å². The molecule has 0 radical (unpaired) electrons. The third-order valence-corrected chi connectivity index (χ3v) is 3.48. The molecule has 2 aromatic rings. The Kier molecular flexibility index (Phi) is 3.65. The number of hydrogen-bond acceptors (Lipinski definition) is 4. The van der Waals surface area contributed by atoms with Gasteiger partial charge in [0.25, 0.3) is 0 Å². The lowest BCUT2D eigenvalue weighted by molar-refractivity contribution is 0.0338. The van der Waals surface area contributed by atoms with Crippen molar-refractivity contribution in [3.8, 4) is 0 Å². The van der Waals surface area contributed by atoms with E-state index in [4.69, 9.17) is 4.74 Å². The minimum absolute atomic E-state index is 0.0532. The van der Waals surface area contributed by atoms with Crippen LogP contribution in [0, 0.1) is 13.8 Å². The number of aromatic nitrogens is 2. The molecule has 4 nitrogen and oxygen atoms in total. The highest BCUT2D eigenvalue weighted by molar-refractivity contribution is 5.46. The highest BCUT2D eigenvalue weighted by Crippen LogP contribution is 2.24. The van der Waals surface area contributed by atoms with Gasteiger partial charge >= 0.3 is 0 Å². The van der Waals surface area contributed by atoms with E-state index in [0.29, 0.717) is 6.61 Å². The summed E-state index contributed by atoms with van der Waals surface area (Å²) in [4.78, 5) is 11.4. The first kappa shape index (κ1) is 13.1. The molecule has 0 unspecified atom stereocenters. The van der Waals surface area contributed by atoms with Crippen LogP contribution in [-0.4, -0.2) is 29.7 Å². The van der Waals surface area contributed by atoms with E-state index in [0.717, 1.165) is 30.3 Å². The molecular formula is C16H19N3O. The second-order valence-electron chi connectivity index (χ2n) is 5.15. The van der Waals surface area contributed by atoms with Gasteiger partial charge in [-0.2, -0.15) is 0 Å². The summed E-state index contributed by atoms with van der Waals surface area (Å²) in [6, 6.07) is 12.4. The zero-order chi connectivity index (χ0) is 13.9. The molecule has 0 bridgehead atoms. The van der Waals surface area contributed by atoms with Gasteiger partial charge in [-0.05, 0) is 32.0 Å². The van der Waals surface area contributed by atoms with E-state index in [-0.39, 0.29) is 6.10 Å². The fraction of sp³-hybridized carbons (Fsp3) is 0.375. The molecule has 1 aromatic carbocycles. The number of nitrogens with zero attached hydrogens (tertiary/aromatic N) is 3. The van der Waals surface area contributed by atoms with Gasteiger partial charge in [-0.3, -0.25) is 0 Å². The van der Waals surface area contributed by atoms with E-state index >= 15 is 0 Å². The first-order valence-electron chi connectivity index (χ1n) is 6.96. The lowest BCUT2D eigenvalue weighted by atomic mass is 10.2. The second-order valence-corrected chi connectivity index (χ2v) is 5.15. The van der Waals surface area contributed by atoms with Crippen LogP contribution in [0.3, 0.4) is 0 Å². The molecule has 0 spiro atoms. The number of aryl methyl sites for hydroxylation is 2.